The Morgan fingerprint density at radius 2 is 1.64 bits per heavy atom. The molecule has 0 aliphatic carbocycles. The Morgan fingerprint density at radius 3 is 2.30 bits per heavy atom. The number of nitrogens with zero attached hydrogens (tertiary/aromatic N) is 2. The lowest BCUT2D eigenvalue weighted by atomic mass is 10.2. The van der Waals surface area contributed by atoms with Crippen LogP contribution in [0.3, 0.4) is 0 Å². The summed E-state index contributed by atoms with van der Waals surface area (Å²) in [7, 11) is -4.21. The number of benzene rings is 2. The Labute approximate surface area is 196 Å². The predicted molar refractivity (Wildman–Crippen MR) is 125 cm³/mol. The molecule has 0 unspecified atom stereocenters. The second-order valence-corrected chi connectivity index (χ2v) is 10.1. The van der Waals surface area contributed by atoms with Crippen LogP contribution < -0.4 is 4.31 Å². The third-order valence-corrected chi connectivity index (χ3v) is 7.80. The van der Waals surface area contributed by atoms with E-state index in [-0.39, 0.29) is 32.2 Å². The first-order chi connectivity index (χ1) is 15.9. The van der Waals surface area contributed by atoms with Gasteiger partial charge in [0.15, 0.2) is 0 Å². The van der Waals surface area contributed by atoms with Gasteiger partial charge >= 0.3 is 16.2 Å². The zero-order valence-corrected chi connectivity index (χ0v) is 19.5. The quantitative estimate of drug-likeness (QED) is 0.356. The van der Waals surface area contributed by atoms with Gasteiger partial charge in [-0.1, -0.05) is 60.7 Å². The molecule has 0 N–H and O–H groups in total. The van der Waals surface area contributed by atoms with Gasteiger partial charge in [0.25, 0.3) is 5.91 Å². The van der Waals surface area contributed by atoms with Gasteiger partial charge in [0.05, 0.1) is 18.8 Å². The van der Waals surface area contributed by atoms with Crippen LogP contribution >= 0.6 is 11.3 Å². The molecule has 3 aromatic rings. The van der Waals surface area contributed by atoms with Crippen LogP contribution in [0.25, 0.3) is 10.4 Å². The molecule has 0 fully saturated rings. The van der Waals surface area contributed by atoms with Crippen molar-refractivity contribution in [2.45, 2.75) is 13.5 Å². The molecule has 1 aliphatic rings. The van der Waals surface area contributed by atoms with E-state index in [0.29, 0.717) is 10.4 Å². The topological polar surface area (TPSA) is 93.2 Å². The number of ether oxygens (including phenoxy) is 2. The highest BCUT2D eigenvalue weighted by Crippen LogP contribution is 2.42. The molecule has 0 atom stereocenters. The van der Waals surface area contributed by atoms with Gasteiger partial charge in [-0.2, -0.15) is 8.42 Å². The van der Waals surface area contributed by atoms with Gasteiger partial charge in [-0.25, -0.2) is 8.61 Å². The summed E-state index contributed by atoms with van der Waals surface area (Å²) in [5.41, 5.74) is 1.85. The number of amides is 1. The molecule has 8 nitrogen and oxygen atoms in total. The second-order valence-electron chi connectivity index (χ2n) is 7.22. The van der Waals surface area contributed by atoms with E-state index in [1.165, 1.54) is 18.3 Å². The van der Waals surface area contributed by atoms with Crippen molar-refractivity contribution in [1.82, 2.24) is 4.31 Å². The largest absolute Gasteiger partial charge is 0.463 e. The van der Waals surface area contributed by atoms with E-state index in [1.54, 1.807) is 30.3 Å². The van der Waals surface area contributed by atoms with Crippen LogP contribution in [0, 0.1) is 0 Å². The molecule has 4 rings (SSSR count). The van der Waals surface area contributed by atoms with E-state index in [9.17, 15) is 18.0 Å². The lowest BCUT2D eigenvalue weighted by Crippen LogP contribution is -2.51. The van der Waals surface area contributed by atoms with Crippen LogP contribution in [0.5, 0.6) is 0 Å². The average Bonchev–Trinajstić information content (AvgIpc) is 3.25. The minimum atomic E-state index is -4.21. The Hall–Kier alpha value is -3.21. The highest BCUT2D eigenvalue weighted by Gasteiger charge is 2.43. The Bertz CT molecular complexity index is 1240. The van der Waals surface area contributed by atoms with E-state index in [4.69, 9.17) is 9.47 Å². The zero-order valence-electron chi connectivity index (χ0n) is 17.8. The minimum Gasteiger partial charge on any atom is -0.463 e. The highest BCUT2D eigenvalue weighted by molar-refractivity contribution is 7.91. The Morgan fingerprint density at radius 1 is 0.970 bits per heavy atom. The molecule has 0 bridgehead atoms. The number of esters is 1. The van der Waals surface area contributed by atoms with Crippen LogP contribution in [0.4, 0.5) is 5.69 Å². The molecular weight excluding hydrogens is 464 g/mol. The summed E-state index contributed by atoms with van der Waals surface area (Å²) in [5, 5.41) is 0. The fourth-order valence-corrected chi connectivity index (χ4v) is 6.04. The first-order valence-electron chi connectivity index (χ1n) is 10.2. The summed E-state index contributed by atoms with van der Waals surface area (Å²) in [6, 6.07) is 20.1. The van der Waals surface area contributed by atoms with E-state index >= 15 is 0 Å². The van der Waals surface area contributed by atoms with Gasteiger partial charge in [0.2, 0.25) is 0 Å². The molecule has 1 aromatic heterocycles. The van der Waals surface area contributed by atoms with Crippen LogP contribution in [-0.4, -0.2) is 44.5 Å². The number of anilines is 1. The number of carbonyl (C=O) groups is 2. The smallest absolute Gasteiger partial charge is 0.331 e. The predicted octanol–water partition coefficient (Wildman–Crippen LogP) is 3.66. The Balaban J connectivity index is 1.68. The summed E-state index contributed by atoms with van der Waals surface area (Å²) in [5.74, 6) is -1.02. The summed E-state index contributed by atoms with van der Waals surface area (Å²) in [4.78, 5) is 25.3. The molecule has 2 heterocycles. The third-order valence-electron chi connectivity index (χ3n) is 4.93. The maximum absolute atomic E-state index is 13.5. The third kappa shape index (κ3) is 4.92. The van der Waals surface area contributed by atoms with Crippen molar-refractivity contribution in [1.29, 1.82) is 0 Å². The first-order valence-corrected chi connectivity index (χ1v) is 12.4. The fourth-order valence-electron chi connectivity index (χ4n) is 3.36. The lowest BCUT2D eigenvalue weighted by Gasteiger charge is -2.35. The molecule has 33 heavy (non-hydrogen) atoms. The number of hydrogen-bond acceptors (Lipinski definition) is 7. The molecule has 1 aliphatic heterocycles. The van der Waals surface area contributed by atoms with E-state index in [1.807, 2.05) is 36.4 Å². The van der Waals surface area contributed by atoms with E-state index < -0.39 is 22.1 Å². The second kappa shape index (κ2) is 9.74. The summed E-state index contributed by atoms with van der Waals surface area (Å²) in [6.45, 7) is 0.889. The van der Waals surface area contributed by atoms with Crippen molar-refractivity contribution < 1.29 is 27.5 Å². The molecular formula is C23H22N2O6S2. The van der Waals surface area contributed by atoms with Crippen molar-refractivity contribution in [3.8, 4) is 10.4 Å². The van der Waals surface area contributed by atoms with Gasteiger partial charge in [-0.05, 0) is 17.2 Å². The maximum atomic E-state index is 13.5. The molecule has 0 saturated heterocycles. The number of rotatable bonds is 8. The van der Waals surface area contributed by atoms with Crippen LogP contribution in [-0.2, 0) is 31.0 Å². The molecule has 10 heteroatoms. The molecule has 0 spiro atoms. The van der Waals surface area contributed by atoms with E-state index in [2.05, 4.69) is 0 Å². The van der Waals surface area contributed by atoms with Crippen LogP contribution in [0.1, 0.15) is 22.2 Å². The normalized spacial score (nSPS) is 14.8. The molecule has 2 aromatic carbocycles. The standard InChI is InChI=1S/C23H22N2O6S2/c1-17(26)31-13-12-30-16-25-20-14-21(19-10-6-3-7-11-19)32-22(20)23(27)24(33(25,28)29)15-18-8-4-2-5-9-18/h2-11,14H,12-13,15-16H2,1H3. The van der Waals surface area contributed by atoms with Gasteiger partial charge in [0.1, 0.15) is 18.2 Å². The van der Waals surface area contributed by atoms with E-state index in [0.717, 1.165) is 19.1 Å². The van der Waals surface area contributed by atoms with Gasteiger partial charge < -0.3 is 9.47 Å². The molecule has 0 saturated carbocycles. The van der Waals surface area contributed by atoms with Crippen LogP contribution in [0.2, 0.25) is 0 Å². The van der Waals surface area contributed by atoms with Crippen molar-refractivity contribution in [2.75, 3.05) is 24.2 Å². The van der Waals surface area contributed by atoms with Crippen molar-refractivity contribution in [3.63, 3.8) is 0 Å². The number of fused-ring (bicyclic) bond motifs is 1. The molecule has 172 valence electrons. The Kier molecular flexibility index (Phi) is 6.77. The van der Waals surface area contributed by atoms with Gasteiger partial charge in [-0.15, -0.1) is 11.3 Å². The summed E-state index contributed by atoms with van der Waals surface area (Å²) < 4.78 is 39.2. The van der Waals surface area contributed by atoms with Crippen molar-refractivity contribution >= 4 is 39.1 Å². The summed E-state index contributed by atoms with van der Waals surface area (Å²) in [6.07, 6.45) is 0. The number of hydrogen-bond donors (Lipinski definition) is 0. The van der Waals surface area contributed by atoms with Gasteiger partial charge in [0, 0.05) is 11.8 Å². The fraction of sp³-hybridized carbons (Fsp3) is 0.217. The highest BCUT2D eigenvalue weighted by atomic mass is 32.2. The summed E-state index contributed by atoms with van der Waals surface area (Å²) >= 11 is 1.24. The van der Waals surface area contributed by atoms with Crippen molar-refractivity contribution in [2.24, 2.45) is 0 Å². The number of carbonyl (C=O) groups excluding carboxylic acids is 2. The monoisotopic (exact) mass is 486 g/mol. The van der Waals surface area contributed by atoms with Crippen molar-refractivity contribution in [3.05, 3.63) is 77.2 Å². The zero-order chi connectivity index (χ0) is 23.4. The van der Waals surface area contributed by atoms with Gasteiger partial charge in [-0.3, -0.25) is 9.59 Å². The average molecular weight is 487 g/mol. The lowest BCUT2D eigenvalue weighted by molar-refractivity contribution is -0.142. The maximum Gasteiger partial charge on any atom is 0.331 e. The SMILES string of the molecule is CC(=O)OCCOCN1c2cc(-c3ccccc3)sc2C(=O)N(Cc2ccccc2)S1(=O)=O. The van der Waals surface area contributed by atoms with Crippen LogP contribution in [0.15, 0.2) is 66.7 Å². The minimum absolute atomic E-state index is 0.00163. The molecule has 0 radical (unpaired) electrons. The first kappa shape index (κ1) is 23.0. The number of thiophene rings is 1. The molecule has 1 amide bonds.